The molecule has 4 heteroatoms. The van der Waals surface area contributed by atoms with Crippen molar-refractivity contribution in [3.8, 4) is 0 Å². The van der Waals surface area contributed by atoms with E-state index in [2.05, 4.69) is 0 Å². The van der Waals surface area contributed by atoms with Crippen LogP contribution in [0.3, 0.4) is 0 Å². The van der Waals surface area contributed by atoms with E-state index >= 15 is 0 Å². The Hall–Kier alpha value is -0.500. The van der Waals surface area contributed by atoms with Crippen molar-refractivity contribution in [1.29, 1.82) is 0 Å². The van der Waals surface area contributed by atoms with Crippen LogP contribution in [0, 0.1) is 0 Å². The van der Waals surface area contributed by atoms with Gasteiger partial charge in [0.25, 0.3) is 0 Å². The fraction of sp³-hybridized carbons (Fsp3) is 0. The molecule has 0 saturated heterocycles. The van der Waals surface area contributed by atoms with E-state index in [0.29, 0.717) is 26.9 Å². The van der Waals surface area contributed by atoms with Crippen molar-refractivity contribution in [2.24, 2.45) is 0 Å². The van der Waals surface area contributed by atoms with Crippen LogP contribution in [0.4, 0.5) is 0 Å². The minimum Gasteiger partial charge on any atom is -0.299 e. The number of carbonyl (C=O) groups is 1. The van der Waals surface area contributed by atoms with Gasteiger partial charge in [-0.25, -0.2) is 0 Å². The highest BCUT2D eigenvalue weighted by molar-refractivity contribution is 6.43. The number of hydrogen-bond donors (Lipinski definition) is 0. The van der Waals surface area contributed by atoms with Crippen LogP contribution in [-0.2, 0) is 4.79 Å². The van der Waals surface area contributed by atoms with Crippen LogP contribution in [0.2, 0.25) is 15.1 Å². The molecule has 1 aromatic carbocycles. The molecule has 0 aliphatic rings. The second-order valence-corrected chi connectivity index (χ2v) is 3.50. The SMILES string of the molecule is O=CC=Cc1cc(Cl)c(Cl)cc1Cl. The van der Waals surface area contributed by atoms with Gasteiger partial charge < -0.3 is 0 Å². The van der Waals surface area contributed by atoms with E-state index < -0.39 is 0 Å². The van der Waals surface area contributed by atoms with Crippen LogP contribution < -0.4 is 0 Å². The second-order valence-electron chi connectivity index (χ2n) is 2.28. The average molecular weight is 235 g/mol. The minimum absolute atomic E-state index is 0.398. The second kappa shape index (κ2) is 4.66. The highest BCUT2D eigenvalue weighted by Gasteiger charge is 2.02. The Kier molecular flexibility index (Phi) is 3.79. The third kappa shape index (κ3) is 2.73. The molecule has 0 unspecified atom stereocenters. The summed E-state index contributed by atoms with van der Waals surface area (Å²) in [6.07, 6.45) is 3.57. The van der Waals surface area contributed by atoms with Gasteiger partial charge in [-0.2, -0.15) is 0 Å². The van der Waals surface area contributed by atoms with Crippen LogP contribution in [0.25, 0.3) is 6.08 Å². The predicted octanol–water partition coefficient (Wildman–Crippen LogP) is 3.86. The summed E-state index contributed by atoms with van der Waals surface area (Å²) < 4.78 is 0. The molecule has 0 fully saturated rings. The number of carbonyl (C=O) groups excluding carboxylic acids is 1. The normalized spacial score (nSPS) is 10.7. The lowest BCUT2D eigenvalue weighted by molar-refractivity contribution is -0.104. The summed E-state index contributed by atoms with van der Waals surface area (Å²) in [6.45, 7) is 0. The largest absolute Gasteiger partial charge is 0.299 e. The number of rotatable bonds is 2. The lowest BCUT2D eigenvalue weighted by atomic mass is 10.2. The summed E-state index contributed by atoms with van der Waals surface area (Å²) in [5.41, 5.74) is 0.670. The molecule has 0 aliphatic heterocycles. The van der Waals surface area contributed by atoms with Gasteiger partial charge >= 0.3 is 0 Å². The number of allylic oxidation sites excluding steroid dienone is 1. The van der Waals surface area contributed by atoms with Crippen molar-refractivity contribution >= 4 is 47.2 Å². The lowest BCUT2D eigenvalue weighted by Crippen LogP contribution is -1.77. The minimum atomic E-state index is 0.398. The summed E-state index contributed by atoms with van der Waals surface area (Å²) in [5, 5.41) is 1.28. The molecule has 13 heavy (non-hydrogen) atoms. The zero-order chi connectivity index (χ0) is 9.84. The van der Waals surface area contributed by atoms with Crippen molar-refractivity contribution in [1.82, 2.24) is 0 Å². The van der Waals surface area contributed by atoms with Gasteiger partial charge in [0.15, 0.2) is 0 Å². The fourth-order valence-corrected chi connectivity index (χ4v) is 1.43. The van der Waals surface area contributed by atoms with Crippen LogP contribution in [-0.4, -0.2) is 6.29 Å². The maximum absolute atomic E-state index is 10.1. The molecular formula is C9H5Cl3O. The van der Waals surface area contributed by atoms with E-state index in [1.54, 1.807) is 12.1 Å². The molecule has 0 atom stereocenters. The Morgan fingerprint density at radius 2 is 1.62 bits per heavy atom. The van der Waals surface area contributed by atoms with Gasteiger partial charge in [-0.05, 0) is 23.8 Å². The van der Waals surface area contributed by atoms with Gasteiger partial charge in [0.2, 0.25) is 0 Å². The summed E-state index contributed by atoms with van der Waals surface area (Å²) in [4.78, 5) is 10.1. The quantitative estimate of drug-likeness (QED) is 0.432. The molecule has 0 spiro atoms. The van der Waals surface area contributed by atoms with Crippen molar-refractivity contribution in [3.05, 3.63) is 38.8 Å². The van der Waals surface area contributed by atoms with Crippen molar-refractivity contribution in [3.63, 3.8) is 0 Å². The standard InChI is InChI=1S/C9H5Cl3O/c10-7-5-9(12)8(11)4-6(7)2-1-3-13/h1-5H. The predicted molar refractivity (Wildman–Crippen MR) is 56.6 cm³/mol. The first-order valence-electron chi connectivity index (χ1n) is 3.41. The highest BCUT2D eigenvalue weighted by atomic mass is 35.5. The first-order valence-corrected chi connectivity index (χ1v) is 4.55. The third-order valence-electron chi connectivity index (χ3n) is 1.39. The number of aldehydes is 1. The van der Waals surface area contributed by atoms with Gasteiger partial charge in [0, 0.05) is 5.02 Å². The maximum atomic E-state index is 10.1. The Morgan fingerprint density at radius 3 is 2.23 bits per heavy atom. The van der Waals surface area contributed by atoms with Crippen LogP contribution in [0.15, 0.2) is 18.2 Å². The molecule has 0 aromatic heterocycles. The van der Waals surface area contributed by atoms with Crippen LogP contribution >= 0.6 is 34.8 Å². The van der Waals surface area contributed by atoms with Crippen LogP contribution in [0.1, 0.15) is 5.56 Å². The maximum Gasteiger partial charge on any atom is 0.142 e. The molecule has 0 bridgehead atoms. The lowest BCUT2D eigenvalue weighted by Gasteiger charge is -2.00. The van der Waals surface area contributed by atoms with E-state index in [1.165, 1.54) is 12.1 Å². The fourth-order valence-electron chi connectivity index (χ4n) is 0.809. The zero-order valence-corrected chi connectivity index (χ0v) is 8.70. The number of hydrogen-bond acceptors (Lipinski definition) is 1. The molecule has 1 nitrogen and oxygen atoms in total. The average Bonchev–Trinajstić information content (AvgIpc) is 2.09. The first-order chi connectivity index (χ1) is 6.15. The van der Waals surface area contributed by atoms with Crippen molar-refractivity contribution in [2.45, 2.75) is 0 Å². The smallest absolute Gasteiger partial charge is 0.142 e. The van der Waals surface area contributed by atoms with E-state index in [9.17, 15) is 4.79 Å². The summed E-state index contributed by atoms with van der Waals surface area (Å²) in [6, 6.07) is 3.14. The zero-order valence-electron chi connectivity index (χ0n) is 6.43. The molecule has 0 radical (unpaired) electrons. The molecule has 0 N–H and O–H groups in total. The monoisotopic (exact) mass is 234 g/mol. The van der Waals surface area contributed by atoms with E-state index in [1.807, 2.05) is 0 Å². The molecule has 1 rings (SSSR count). The van der Waals surface area contributed by atoms with Gasteiger partial charge in [0.1, 0.15) is 6.29 Å². The van der Waals surface area contributed by atoms with Gasteiger partial charge in [-0.3, -0.25) is 4.79 Å². The van der Waals surface area contributed by atoms with E-state index in [-0.39, 0.29) is 0 Å². The Bertz CT molecular complexity index is 358. The Labute approximate surface area is 90.9 Å². The van der Waals surface area contributed by atoms with Gasteiger partial charge in [-0.15, -0.1) is 0 Å². The Morgan fingerprint density at radius 1 is 1.00 bits per heavy atom. The third-order valence-corrected chi connectivity index (χ3v) is 2.44. The number of benzene rings is 1. The Balaban J connectivity index is 3.15. The highest BCUT2D eigenvalue weighted by Crippen LogP contribution is 2.29. The van der Waals surface area contributed by atoms with Gasteiger partial charge in [0.05, 0.1) is 10.0 Å². The van der Waals surface area contributed by atoms with Crippen molar-refractivity contribution < 1.29 is 4.79 Å². The van der Waals surface area contributed by atoms with Crippen LogP contribution in [0.5, 0.6) is 0 Å². The number of halogens is 3. The first kappa shape index (κ1) is 10.6. The molecule has 1 aromatic rings. The topological polar surface area (TPSA) is 17.1 Å². The van der Waals surface area contributed by atoms with E-state index in [0.717, 1.165) is 0 Å². The van der Waals surface area contributed by atoms with E-state index in [4.69, 9.17) is 34.8 Å². The summed E-state index contributed by atoms with van der Waals surface area (Å²) >= 11 is 17.3. The van der Waals surface area contributed by atoms with Crippen molar-refractivity contribution in [2.75, 3.05) is 0 Å². The summed E-state index contributed by atoms with van der Waals surface area (Å²) in [7, 11) is 0. The molecule has 0 aliphatic carbocycles. The molecule has 68 valence electrons. The van der Waals surface area contributed by atoms with Gasteiger partial charge in [-0.1, -0.05) is 40.9 Å². The molecule has 0 amide bonds. The molecular weight excluding hydrogens is 230 g/mol. The molecule has 0 saturated carbocycles. The summed E-state index contributed by atoms with van der Waals surface area (Å²) in [5.74, 6) is 0. The molecule has 0 heterocycles.